The first-order chi connectivity index (χ1) is 33.6. The van der Waals surface area contributed by atoms with Gasteiger partial charge in [-0.1, -0.05) is 203 Å². The molecular formula is C67H56N2. The molecule has 0 heterocycles. The number of nitrogens with zero attached hydrogens (tertiary/aromatic N) is 2. The third-order valence-corrected chi connectivity index (χ3v) is 15.2. The number of hydrogen-bond acceptors (Lipinski definition) is 2. The smallest absolute Gasteiger partial charge is 0.0559 e. The van der Waals surface area contributed by atoms with Crippen LogP contribution in [-0.4, -0.2) is 6.04 Å². The second kappa shape index (κ2) is 16.7. The molecule has 0 saturated heterocycles. The third-order valence-electron chi connectivity index (χ3n) is 15.2. The van der Waals surface area contributed by atoms with Crippen molar-refractivity contribution < 1.29 is 0 Å². The topological polar surface area (TPSA) is 6.48 Å². The summed E-state index contributed by atoms with van der Waals surface area (Å²) in [6, 6.07) is 77.1. The summed E-state index contributed by atoms with van der Waals surface area (Å²) in [7, 11) is 0. The lowest BCUT2D eigenvalue weighted by Crippen LogP contribution is -2.30. The molecule has 0 aromatic heterocycles. The van der Waals surface area contributed by atoms with Crippen LogP contribution in [0.5, 0.6) is 0 Å². The Balaban J connectivity index is 0.814. The first kappa shape index (κ1) is 42.4. The summed E-state index contributed by atoms with van der Waals surface area (Å²) < 4.78 is 0. The lowest BCUT2D eigenvalue weighted by molar-refractivity contribution is 0.659. The fraction of sp³-hybridized carbons (Fsp3) is 0.134. The predicted octanol–water partition coefficient (Wildman–Crippen LogP) is 18.1. The van der Waals surface area contributed by atoms with Crippen molar-refractivity contribution in [3.8, 4) is 55.6 Å². The highest BCUT2D eigenvalue weighted by Gasteiger charge is 2.37. The Morgan fingerprint density at radius 1 is 0.362 bits per heavy atom. The van der Waals surface area contributed by atoms with Crippen LogP contribution in [0.2, 0.25) is 0 Å². The van der Waals surface area contributed by atoms with Gasteiger partial charge < -0.3 is 9.80 Å². The Morgan fingerprint density at radius 3 is 1.46 bits per heavy atom. The van der Waals surface area contributed by atoms with Crippen LogP contribution in [0.3, 0.4) is 0 Å². The van der Waals surface area contributed by atoms with Crippen molar-refractivity contribution in [2.24, 2.45) is 0 Å². The number of allylic oxidation sites excluding steroid dienone is 2. The van der Waals surface area contributed by atoms with E-state index in [0.717, 1.165) is 23.5 Å². The van der Waals surface area contributed by atoms with Crippen LogP contribution in [0.15, 0.2) is 231 Å². The monoisotopic (exact) mass is 888 g/mol. The molecule has 9 aromatic carbocycles. The second-order valence-corrected chi connectivity index (χ2v) is 20.2. The molecular weight excluding hydrogens is 833 g/mol. The van der Waals surface area contributed by atoms with Gasteiger partial charge in [0.2, 0.25) is 0 Å². The summed E-state index contributed by atoms with van der Waals surface area (Å²) >= 11 is 0. The second-order valence-electron chi connectivity index (χ2n) is 20.2. The molecule has 0 saturated carbocycles. The van der Waals surface area contributed by atoms with Crippen LogP contribution >= 0.6 is 0 Å². The molecule has 1 unspecified atom stereocenters. The van der Waals surface area contributed by atoms with E-state index in [1.807, 2.05) is 0 Å². The predicted molar refractivity (Wildman–Crippen MR) is 293 cm³/mol. The van der Waals surface area contributed by atoms with E-state index in [2.05, 4.69) is 275 Å². The summed E-state index contributed by atoms with van der Waals surface area (Å²) in [5.41, 5.74) is 25.1. The van der Waals surface area contributed by atoms with Crippen LogP contribution in [0.25, 0.3) is 55.6 Å². The fourth-order valence-corrected chi connectivity index (χ4v) is 11.5. The van der Waals surface area contributed by atoms with Gasteiger partial charge in [0.25, 0.3) is 0 Å². The lowest BCUT2D eigenvalue weighted by atomic mass is 9.82. The molecule has 0 radical (unpaired) electrons. The Kier molecular flexibility index (Phi) is 10.3. The van der Waals surface area contributed by atoms with Crippen LogP contribution in [-0.2, 0) is 10.8 Å². The van der Waals surface area contributed by atoms with Gasteiger partial charge in [-0.05, 0) is 152 Å². The zero-order chi connectivity index (χ0) is 46.9. The molecule has 3 aliphatic carbocycles. The first-order valence-corrected chi connectivity index (χ1v) is 24.5. The number of anilines is 5. The molecule has 1 atom stereocenters. The van der Waals surface area contributed by atoms with Gasteiger partial charge in [0.15, 0.2) is 0 Å². The number of aryl methyl sites for hydroxylation is 1. The highest BCUT2D eigenvalue weighted by atomic mass is 15.2. The maximum Gasteiger partial charge on any atom is 0.0559 e. The third kappa shape index (κ3) is 7.34. The minimum absolute atomic E-state index is 0.0649. The SMILES string of the molecule is Cc1ccc2c(c1)C(C)(C)c1cc(N(c3ccccc3)c3cccc(-c4ccc(-c5ccc(-c6cccc(N(c7ccc8c(c7)C(C)(C)c7ccccc7-8)C7C=CC=CC7)c6)cc5)cc4)c3)ccc1-2. The molecule has 0 amide bonds. The zero-order valence-electron chi connectivity index (χ0n) is 40.1. The summed E-state index contributed by atoms with van der Waals surface area (Å²) in [6.45, 7) is 11.6. The summed E-state index contributed by atoms with van der Waals surface area (Å²) in [4.78, 5) is 4.93. The van der Waals surface area contributed by atoms with Gasteiger partial charge in [0.05, 0.1) is 6.04 Å². The summed E-state index contributed by atoms with van der Waals surface area (Å²) in [5.74, 6) is 0. The molecule has 0 aliphatic heterocycles. The van der Waals surface area contributed by atoms with Crippen molar-refractivity contribution in [2.45, 2.75) is 57.9 Å². The van der Waals surface area contributed by atoms with Crippen LogP contribution in [0.1, 0.15) is 61.9 Å². The summed E-state index contributed by atoms with van der Waals surface area (Å²) in [5, 5.41) is 0. The normalized spacial score (nSPS) is 15.5. The van der Waals surface area contributed by atoms with E-state index in [4.69, 9.17) is 0 Å². The lowest BCUT2D eigenvalue weighted by Gasteiger charge is -2.34. The van der Waals surface area contributed by atoms with Crippen molar-refractivity contribution in [3.63, 3.8) is 0 Å². The highest BCUT2D eigenvalue weighted by Crippen LogP contribution is 2.52. The number of para-hydroxylation sites is 1. The van der Waals surface area contributed by atoms with Crippen molar-refractivity contribution in [3.05, 3.63) is 258 Å². The van der Waals surface area contributed by atoms with Gasteiger partial charge in [-0.2, -0.15) is 0 Å². The molecule has 0 N–H and O–H groups in total. The molecule has 2 heteroatoms. The van der Waals surface area contributed by atoms with E-state index >= 15 is 0 Å². The van der Waals surface area contributed by atoms with Gasteiger partial charge in [-0.3, -0.25) is 0 Å². The molecule has 69 heavy (non-hydrogen) atoms. The molecule has 334 valence electrons. The first-order valence-electron chi connectivity index (χ1n) is 24.5. The van der Waals surface area contributed by atoms with E-state index in [1.165, 1.54) is 94.8 Å². The average molecular weight is 889 g/mol. The minimum Gasteiger partial charge on any atom is -0.334 e. The van der Waals surface area contributed by atoms with Crippen LogP contribution in [0.4, 0.5) is 28.4 Å². The van der Waals surface area contributed by atoms with Crippen molar-refractivity contribution in [1.82, 2.24) is 0 Å². The highest BCUT2D eigenvalue weighted by molar-refractivity contribution is 5.88. The molecule has 12 rings (SSSR count). The Labute approximate surface area is 408 Å². The molecule has 0 spiro atoms. The molecule has 3 aliphatic rings. The van der Waals surface area contributed by atoms with E-state index in [-0.39, 0.29) is 16.9 Å². The number of rotatable bonds is 9. The number of benzene rings is 9. The van der Waals surface area contributed by atoms with E-state index in [9.17, 15) is 0 Å². The zero-order valence-corrected chi connectivity index (χ0v) is 40.1. The molecule has 0 bridgehead atoms. The van der Waals surface area contributed by atoms with Gasteiger partial charge in [0.1, 0.15) is 0 Å². The Hall–Kier alpha value is -7.94. The van der Waals surface area contributed by atoms with Crippen LogP contribution < -0.4 is 9.80 Å². The largest absolute Gasteiger partial charge is 0.334 e. The molecule has 2 nitrogen and oxygen atoms in total. The van der Waals surface area contributed by atoms with Gasteiger partial charge >= 0.3 is 0 Å². The average Bonchev–Trinajstić information content (AvgIpc) is 3.75. The molecule has 9 aromatic rings. The number of fused-ring (bicyclic) bond motifs is 6. The molecule has 0 fully saturated rings. The van der Waals surface area contributed by atoms with Gasteiger partial charge in [-0.15, -0.1) is 0 Å². The van der Waals surface area contributed by atoms with Crippen molar-refractivity contribution >= 4 is 28.4 Å². The maximum absolute atomic E-state index is 2.53. The Bertz CT molecular complexity index is 3480. The minimum atomic E-state index is -0.0913. The van der Waals surface area contributed by atoms with E-state index in [1.54, 1.807) is 0 Å². The standard InChI is InChI=1S/C67H56N2/c1-45-26-37-59-61-39-36-57(44-65(61)67(4,5)63(59)40-45)69(53-20-10-7-11-21-53)55-23-15-17-51(42-55)49-33-29-47(30-34-49)46-27-31-48(32-28-46)50-16-14-22-54(41-50)68(52-18-8-6-9-19-52)56-35-38-60-58-24-12-13-25-62(58)66(2,3)64(60)43-56/h6-18,20-44,52H,19H2,1-5H3. The van der Waals surface area contributed by atoms with E-state index < -0.39 is 0 Å². The quantitative estimate of drug-likeness (QED) is 0.142. The number of hydrogen-bond donors (Lipinski definition) is 0. The van der Waals surface area contributed by atoms with Crippen molar-refractivity contribution in [1.29, 1.82) is 0 Å². The van der Waals surface area contributed by atoms with Crippen LogP contribution in [0, 0.1) is 6.92 Å². The van der Waals surface area contributed by atoms with Crippen molar-refractivity contribution in [2.75, 3.05) is 9.80 Å². The van der Waals surface area contributed by atoms with Gasteiger partial charge in [0, 0.05) is 39.3 Å². The Morgan fingerprint density at radius 2 is 0.826 bits per heavy atom. The van der Waals surface area contributed by atoms with E-state index in [0.29, 0.717) is 0 Å². The summed E-state index contributed by atoms with van der Waals surface area (Å²) in [6.07, 6.45) is 9.93. The fourth-order valence-electron chi connectivity index (χ4n) is 11.5. The maximum atomic E-state index is 2.53. The van der Waals surface area contributed by atoms with Gasteiger partial charge in [-0.25, -0.2) is 0 Å².